The highest BCUT2D eigenvalue weighted by Gasteiger charge is 2.49. The molecule has 0 radical (unpaired) electrons. The Morgan fingerprint density at radius 2 is 1.63 bits per heavy atom. The van der Waals surface area contributed by atoms with Gasteiger partial charge in [0.25, 0.3) is 5.91 Å². The van der Waals surface area contributed by atoms with Crippen LogP contribution in [0, 0.1) is 5.92 Å². The van der Waals surface area contributed by atoms with Gasteiger partial charge in [0.15, 0.2) is 11.5 Å². The fourth-order valence-corrected chi connectivity index (χ4v) is 6.21. The van der Waals surface area contributed by atoms with Crippen molar-refractivity contribution in [2.75, 3.05) is 6.54 Å². The first-order chi connectivity index (χ1) is 19.5. The zero-order chi connectivity index (χ0) is 29.5. The van der Waals surface area contributed by atoms with E-state index in [0.29, 0.717) is 6.42 Å². The molecule has 2 saturated carbocycles. The first-order valence-corrected chi connectivity index (χ1v) is 13.8. The molecule has 5 rings (SSSR count). The average Bonchev–Trinajstić information content (AvgIpc) is 3.59. The number of nitrogens with zero attached hydrogens (tertiary/aromatic N) is 4. The minimum Gasteiger partial charge on any atom is -0.481 e. The predicted octanol–water partition coefficient (Wildman–Crippen LogP) is 6.30. The molecule has 2 aromatic heterocycles. The number of hydrogen-bond acceptors (Lipinski definition) is 5. The largest absolute Gasteiger partial charge is 0.481 e. The zero-order valence-corrected chi connectivity index (χ0v) is 23.0. The molecule has 8 nitrogen and oxygen atoms in total. The SMILES string of the molecule is O=C(CN(C(=O)c1cnn([C@H]2CC[C@H](C(=O)O)CC2)c1C(F)(F)F)[C@H]1C[C@@H]1c1ccccc1)c1c(Cl)cncc1Cl. The number of carboxylic acid groups (broad SMARTS) is 1. The molecule has 216 valence electrons. The Kier molecular flexibility index (Phi) is 8.11. The number of amides is 1. The van der Waals surface area contributed by atoms with E-state index in [9.17, 15) is 32.7 Å². The van der Waals surface area contributed by atoms with Crippen molar-refractivity contribution in [2.24, 2.45) is 5.92 Å². The third-order valence-electron chi connectivity index (χ3n) is 7.78. The molecule has 2 atom stereocenters. The van der Waals surface area contributed by atoms with Crippen LogP contribution in [0.1, 0.15) is 76.0 Å². The van der Waals surface area contributed by atoms with Gasteiger partial charge in [0.05, 0.1) is 45.9 Å². The van der Waals surface area contributed by atoms with E-state index in [1.54, 1.807) is 0 Å². The van der Waals surface area contributed by atoms with Gasteiger partial charge in [-0.05, 0) is 37.7 Å². The summed E-state index contributed by atoms with van der Waals surface area (Å²) >= 11 is 12.3. The Hall–Kier alpha value is -3.44. The maximum Gasteiger partial charge on any atom is 0.433 e. The van der Waals surface area contributed by atoms with E-state index < -0.39 is 59.6 Å². The van der Waals surface area contributed by atoms with Gasteiger partial charge in [-0.1, -0.05) is 53.5 Å². The molecule has 0 aliphatic heterocycles. The summed E-state index contributed by atoms with van der Waals surface area (Å²) in [6, 6.07) is 7.94. The fourth-order valence-electron chi connectivity index (χ4n) is 5.64. The Labute approximate surface area is 243 Å². The second-order valence-corrected chi connectivity index (χ2v) is 11.2. The first kappa shape index (κ1) is 29.1. The lowest BCUT2D eigenvalue weighted by Crippen LogP contribution is -2.39. The number of rotatable bonds is 8. The van der Waals surface area contributed by atoms with Gasteiger partial charge in [0.2, 0.25) is 0 Å². The molecule has 0 saturated heterocycles. The van der Waals surface area contributed by atoms with E-state index in [-0.39, 0.29) is 47.2 Å². The Morgan fingerprint density at radius 3 is 2.22 bits per heavy atom. The van der Waals surface area contributed by atoms with Crippen molar-refractivity contribution < 1.29 is 32.7 Å². The summed E-state index contributed by atoms with van der Waals surface area (Å²) in [5, 5.41) is 13.2. The summed E-state index contributed by atoms with van der Waals surface area (Å²) in [6.45, 7) is -0.553. The van der Waals surface area contributed by atoms with E-state index in [4.69, 9.17) is 23.2 Å². The number of aromatic nitrogens is 3. The van der Waals surface area contributed by atoms with E-state index in [0.717, 1.165) is 21.3 Å². The van der Waals surface area contributed by atoms with E-state index in [1.807, 2.05) is 30.3 Å². The normalized spacial score (nSPS) is 22.3. The van der Waals surface area contributed by atoms with Crippen LogP contribution >= 0.6 is 23.2 Å². The standard InChI is InChI=1S/C28H25Cl2F3N4O4/c29-20-12-34-13-21(30)24(20)23(38)14-36(22-10-18(22)15-4-2-1-3-5-15)26(39)19-11-35-37(25(19)28(31,32)33)17-8-6-16(7-9-17)27(40)41/h1-5,11-13,16-18,22H,6-10,14H2,(H,40,41)/t16-,17-,18-,22+/m1/s1. The van der Waals surface area contributed by atoms with Crippen LogP contribution in [-0.4, -0.2) is 55.0 Å². The molecular weight excluding hydrogens is 584 g/mol. The quantitative estimate of drug-likeness (QED) is 0.301. The third kappa shape index (κ3) is 5.97. The Bertz CT molecular complexity index is 1450. The van der Waals surface area contributed by atoms with Crippen molar-refractivity contribution in [2.45, 2.75) is 56.3 Å². The number of carboxylic acids is 1. The van der Waals surface area contributed by atoms with Crippen LogP contribution < -0.4 is 0 Å². The van der Waals surface area contributed by atoms with Crippen molar-refractivity contribution in [1.82, 2.24) is 19.7 Å². The van der Waals surface area contributed by atoms with Crippen molar-refractivity contribution in [1.29, 1.82) is 0 Å². The highest BCUT2D eigenvalue weighted by molar-refractivity contribution is 6.39. The number of pyridine rings is 1. The van der Waals surface area contributed by atoms with Crippen molar-refractivity contribution >= 4 is 40.9 Å². The number of aliphatic carboxylic acids is 1. The number of Topliss-reactive ketones (excluding diaryl/α,β-unsaturated/α-hetero) is 1. The number of hydrogen-bond donors (Lipinski definition) is 1. The summed E-state index contributed by atoms with van der Waals surface area (Å²) in [5.74, 6) is -3.41. The lowest BCUT2D eigenvalue weighted by Gasteiger charge is -2.28. The van der Waals surface area contributed by atoms with Gasteiger partial charge in [0.1, 0.15) is 0 Å². The molecule has 0 bridgehead atoms. The van der Waals surface area contributed by atoms with Crippen LogP contribution in [0.2, 0.25) is 10.0 Å². The molecule has 1 aromatic carbocycles. The van der Waals surface area contributed by atoms with Gasteiger partial charge in [-0.3, -0.25) is 24.0 Å². The minimum atomic E-state index is -4.93. The van der Waals surface area contributed by atoms with Crippen LogP contribution in [0.15, 0.2) is 48.9 Å². The lowest BCUT2D eigenvalue weighted by atomic mass is 9.86. The molecule has 2 aliphatic carbocycles. The van der Waals surface area contributed by atoms with E-state index in [2.05, 4.69) is 10.1 Å². The van der Waals surface area contributed by atoms with Gasteiger partial charge in [-0.15, -0.1) is 0 Å². The Balaban J connectivity index is 1.49. The van der Waals surface area contributed by atoms with Crippen LogP contribution in [0.25, 0.3) is 0 Å². The molecule has 1 N–H and O–H groups in total. The lowest BCUT2D eigenvalue weighted by molar-refractivity contribution is -0.147. The summed E-state index contributed by atoms with van der Waals surface area (Å²) in [4.78, 5) is 43.5. The average molecular weight is 609 g/mol. The van der Waals surface area contributed by atoms with Gasteiger partial charge >= 0.3 is 12.1 Å². The van der Waals surface area contributed by atoms with Crippen LogP contribution in [-0.2, 0) is 11.0 Å². The first-order valence-electron chi connectivity index (χ1n) is 13.0. The Morgan fingerprint density at radius 1 is 1.00 bits per heavy atom. The number of benzene rings is 1. The number of halogens is 5. The van der Waals surface area contributed by atoms with Gasteiger partial charge in [-0.25, -0.2) is 0 Å². The smallest absolute Gasteiger partial charge is 0.433 e. The zero-order valence-electron chi connectivity index (χ0n) is 21.5. The minimum absolute atomic E-state index is 0.0360. The molecule has 41 heavy (non-hydrogen) atoms. The second-order valence-electron chi connectivity index (χ2n) is 10.3. The highest BCUT2D eigenvalue weighted by Crippen LogP contribution is 2.46. The maximum absolute atomic E-state index is 14.5. The number of ketones is 1. The molecule has 3 aromatic rings. The monoisotopic (exact) mass is 608 g/mol. The summed E-state index contributed by atoms with van der Waals surface area (Å²) in [6.07, 6.45) is -0.382. The van der Waals surface area contributed by atoms with E-state index in [1.165, 1.54) is 12.4 Å². The van der Waals surface area contributed by atoms with Crippen LogP contribution in [0.5, 0.6) is 0 Å². The van der Waals surface area contributed by atoms with Crippen molar-refractivity contribution in [3.05, 3.63) is 81.4 Å². The van der Waals surface area contributed by atoms with E-state index >= 15 is 0 Å². The van der Waals surface area contributed by atoms with Gasteiger partial charge < -0.3 is 10.0 Å². The number of alkyl halides is 3. The molecule has 2 fully saturated rings. The second kappa shape index (κ2) is 11.4. The maximum atomic E-state index is 14.5. The predicted molar refractivity (Wildman–Crippen MR) is 143 cm³/mol. The summed E-state index contributed by atoms with van der Waals surface area (Å²) < 4.78 is 44.2. The molecule has 13 heteroatoms. The molecule has 0 spiro atoms. The van der Waals surface area contributed by atoms with Crippen molar-refractivity contribution in [3.8, 4) is 0 Å². The van der Waals surface area contributed by atoms with Crippen LogP contribution in [0.4, 0.5) is 13.2 Å². The summed E-state index contributed by atoms with van der Waals surface area (Å²) in [5.41, 5.74) is -1.06. The summed E-state index contributed by atoms with van der Waals surface area (Å²) in [7, 11) is 0. The topological polar surface area (TPSA) is 105 Å². The van der Waals surface area contributed by atoms with Crippen molar-refractivity contribution in [3.63, 3.8) is 0 Å². The molecule has 1 amide bonds. The molecular formula is C28H25Cl2F3N4O4. The fraction of sp³-hybridized carbons (Fsp3) is 0.393. The number of carbonyl (C=O) groups excluding carboxylic acids is 2. The van der Waals surface area contributed by atoms with Gasteiger partial charge in [-0.2, -0.15) is 18.3 Å². The highest BCUT2D eigenvalue weighted by atomic mass is 35.5. The number of carbonyl (C=O) groups is 3. The molecule has 2 heterocycles. The van der Waals surface area contributed by atoms with Crippen LogP contribution in [0.3, 0.4) is 0 Å². The molecule has 0 unspecified atom stereocenters. The molecule has 2 aliphatic rings. The third-order valence-corrected chi connectivity index (χ3v) is 8.35. The van der Waals surface area contributed by atoms with Gasteiger partial charge in [0, 0.05) is 24.4 Å².